The summed E-state index contributed by atoms with van der Waals surface area (Å²) in [6, 6.07) is 12.9. The van der Waals surface area contributed by atoms with E-state index in [-0.39, 0.29) is 23.7 Å². The van der Waals surface area contributed by atoms with E-state index in [9.17, 15) is 15.8 Å². The largest absolute Gasteiger partial charge is 0.472 e. The second-order valence-corrected chi connectivity index (χ2v) is 5.00. The molecular weight excluding hydrogens is 290 g/mol. The van der Waals surface area contributed by atoms with Crippen molar-refractivity contribution in [3.05, 3.63) is 46.5 Å². The fourth-order valence-corrected chi connectivity index (χ4v) is 2.27. The van der Waals surface area contributed by atoms with Crippen LogP contribution in [0.15, 0.2) is 41.0 Å². The molecule has 0 saturated heterocycles. The molecule has 0 spiro atoms. The number of rotatable bonds is 3. The van der Waals surface area contributed by atoms with Crippen LogP contribution in [0.4, 0.5) is 5.69 Å². The van der Waals surface area contributed by atoms with Gasteiger partial charge in [0.05, 0.1) is 0 Å². The van der Waals surface area contributed by atoms with Crippen LogP contribution < -0.4 is 4.90 Å². The zero-order chi connectivity index (χ0) is 17.0. The maximum absolute atomic E-state index is 9.25. The Morgan fingerprint density at radius 2 is 1.74 bits per heavy atom. The highest BCUT2D eigenvalue weighted by atomic mass is 16.5. The molecule has 1 aliphatic rings. The van der Waals surface area contributed by atoms with E-state index in [4.69, 9.17) is 10.1 Å². The number of nitrogens with zero attached hydrogens (tertiary/aromatic N) is 4. The summed E-state index contributed by atoms with van der Waals surface area (Å²) in [5.41, 5.74) is 2.29. The van der Waals surface area contributed by atoms with E-state index >= 15 is 0 Å². The predicted molar refractivity (Wildman–Crippen MR) is 85.2 cm³/mol. The lowest BCUT2D eigenvalue weighted by molar-refractivity contribution is 0.358. The van der Waals surface area contributed by atoms with Crippen LogP contribution >= 0.6 is 0 Å². The van der Waals surface area contributed by atoms with Crippen LogP contribution in [-0.4, -0.2) is 26.6 Å². The van der Waals surface area contributed by atoms with Crippen LogP contribution in [-0.2, 0) is 4.74 Å². The van der Waals surface area contributed by atoms with E-state index in [1.165, 1.54) is 0 Å². The van der Waals surface area contributed by atoms with Gasteiger partial charge in [-0.25, -0.2) is 0 Å². The Morgan fingerprint density at radius 3 is 2.22 bits per heavy atom. The molecule has 23 heavy (non-hydrogen) atoms. The lowest BCUT2D eigenvalue weighted by atomic mass is 9.91. The molecule has 1 heterocycles. The standard InChI is InChI=1S/C17H13N5O/c1-22(2)13-5-3-11(4-6-13)16(12(7-18)8-19)15-10-23-17(21)14(15)9-20/h3-6,21H,10H2,1-2H3. The second kappa shape index (κ2) is 6.47. The van der Waals surface area contributed by atoms with Crippen LogP contribution in [0.2, 0.25) is 0 Å². The minimum absolute atomic E-state index is 0.000643. The van der Waals surface area contributed by atoms with Gasteiger partial charge in [-0.15, -0.1) is 0 Å². The van der Waals surface area contributed by atoms with Crippen molar-refractivity contribution in [1.82, 2.24) is 0 Å². The van der Waals surface area contributed by atoms with Crippen molar-refractivity contribution in [1.29, 1.82) is 21.2 Å². The SMILES string of the molecule is CN(C)c1ccc(C(=C(C#N)C#N)C2=C(C#N)C(=N)OC2)cc1. The number of allylic oxidation sites excluding steroid dienone is 1. The molecule has 0 atom stereocenters. The van der Waals surface area contributed by atoms with Gasteiger partial charge in [-0.05, 0) is 17.7 Å². The lowest BCUT2D eigenvalue weighted by Gasteiger charge is -2.14. The van der Waals surface area contributed by atoms with Gasteiger partial charge in [-0.1, -0.05) is 12.1 Å². The molecule has 0 aliphatic carbocycles. The van der Waals surface area contributed by atoms with Gasteiger partial charge in [0.2, 0.25) is 5.90 Å². The zero-order valence-electron chi connectivity index (χ0n) is 12.7. The molecule has 6 heteroatoms. The first-order chi connectivity index (χ1) is 11.0. The van der Waals surface area contributed by atoms with Crippen molar-refractivity contribution >= 4 is 17.2 Å². The van der Waals surface area contributed by atoms with E-state index in [0.717, 1.165) is 5.69 Å². The highest BCUT2D eigenvalue weighted by Crippen LogP contribution is 2.33. The third-order valence-electron chi connectivity index (χ3n) is 3.45. The molecule has 0 unspecified atom stereocenters. The summed E-state index contributed by atoms with van der Waals surface area (Å²) >= 11 is 0. The van der Waals surface area contributed by atoms with Gasteiger partial charge in [-0.2, -0.15) is 15.8 Å². The van der Waals surface area contributed by atoms with Crippen molar-refractivity contribution in [3.63, 3.8) is 0 Å². The molecule has 6 nitrogen and oxygen atoms in total. The Kier molecular flexibility index (Phi) is 4.45. The number of ether oxygens (including phenoxy) is 1. The third kappa shape index (κ3) is 2.90. The minimum atomic E-state index is -0.236. The Bertz CT molecular complexity index is 823. The summed E-state index contributed by atoms with van der Waals surface area (Å²) in [4.78, 5) is 1.93. The van der Waals surface area contributed by atoms with Gasteiger partial charge in [-0.3, -0.25) is 5.41 Å². The van der Waals surface area contributed by atoms with Crippen molar-refractivity contribution in [3.8, 4) is 18.2 Å². The molecule has 0 radical (unpaired) electrons. The van der Waals surface area contributed by atoms with Gasteiger partial charge < -0.3 is 9.64 Å². The molecule has 0 aromatic heterocycles. The van der Waals surface area contributed by atoms with Gasteiger partial charge in [0, 0.05) is 30.9 Å². The van der Waals surface area contributed by atoms with Crippen LogP contribution in [0.25, 0.3) is 5.57 Å². The summed E-state index contributed by atoms with van der Waals surface area (Å²) in [6.07, 6.45) is 0. The molecule has 0 bridgehead atoms. The summed E-state index contributed by atoms with van der Waals surface area (Å²) in [6.45, 7) is -0.000643. The van der Waals surface area contributed by atoms with Crippen LogP contribution in [0.3, 0.4) is 0 Å². The predicted octanol–water partition coefficient (Wildman–Crippen LogP) is 2.38. The van der Waals surface area contributed by atoms with Gasteiger partial charge in [0.15, 0.2) is 0 Å². The van der Waals surface area contributed by atoms with E-state index in [1.807, 2.05) is 49.3 Å². The molecule has 1 aliphatic heterocycles. The maximum Gasteiger partial charge on any atom is 0.224 e. The molecule has 1 N–H and O–H groups in total. The second-order valence-electron chi connectivity index (χ2n) is 5.00. The monoisotopic (exact) mass is 303 g/mol. The summed E-state index contributed by atoms with van der Waals surface area (Å²) < 4.78 is 5.10. The summed E-state index contributed by atoms with van der Waals surface area (Å²) in [5.74, 6) is -0.236. The zero-order valence-corrected chi connectivity index (χ0v) is 12.7. The average Bonchev–Trinajstić information content (AvgIpc) is 2.92. The highest BCUT2D eigenvalue weighted by molar-refractivity contribution is 6.04. The topological polar surface area (TPSA) is 108 Å². The first-order valence-electron chi connectivity index (χ1n) is 6.71. The molecule has 1 aromatic carbocycles. The Morgan fingerprint density at radius 1 is 1.13 bits per heavy atom. The molecular formula is C17H13N5O. The van der Waals surface area contributed by atoms with E-state index in [0.29, 0.717) is 16.7 Å². The Balaban J connectivity index is 2.68. The van der Waals surface area contributed by atoms with Gasteiger partial charge >= 0.3 is 0 Å². The van der Waals surface area contributed by atoms with Crippen LogP contribution in [0.1, 0.15) is 5.56 Å². The number of nitriles is 3. The quantitative estimate of drug-likeness (QED) is 0.862. The number of anilines is 1. The molecule has 1 aromatic rings. The van der Waals surface area contributed by atoms with Crippen LogP contribution in [0.5, 0.6) is 0 Å². The Labute approximate surface area is 134 Å². The lowest BCUT2D eigenvalue weighted by Crippen LogP contribution is -2.08. The number of benzene rings is 1. The van der Waals surface area contributed by atoms with Gasteiger partial charge in [0.1, 0.15) is 36.0 Å². The van der Waals surface area contributed by atoms with E-state index < -0.39 is 0 Å². The van der Waals surface area contributed by atoms with E-state index in [2.05, 4.69) is 0 Å². The third-order valence-corrected chi connectivity index (χ3v) is 3.45. The smallest absolute Gasteiger partial charge is 0.224 e. The Hall–Kier alpha value is -3.56. The fraction of sp³-hybridized carbons (Fsp3) is 0.176. The van der Waals surface area contributed by atoms with Crippen LogP contribution in [0, 0.1) is 39.4 Å². The minimum Gasteiger partial charge on any atom is -0.472 e. The first kappa shape index (κ1) is 15.8. The molecule has 2 rings (SSSR count). The van der Waals surface area contributed by atoms with Gasteiger partial charge in [0.25, 0.3) is 0 Å². The molecule has 0 saturated carbocycles. The molecule has 0 amide bonds. The van der Waals surface area contributed by atoms with Crippen molar-refractivity contribution in [2.24, 2.45) is 0 Å². The summed E-state index contributed by atoms with van der Waals surface area (Å²) in [7, 11) is 3.81. The number of nitrogens with one attached hydrogen (secondary N) is 1. The van der Waals surface area contributed by atoms with Crippen molar-refractivity contribution in [2.75, 3.05) is 25.6 Å². The fourth-order valence-electron chi connectivity index (χ4n) is 2.27. The van der Waals surface area contributed by atoms with Crippen molar-refractivity contribution < 1.29 is 4.74 Å². The summed E-state index contributed by atoms with van der Waals surface area (Å²) in [5, 5.41) is 35.4. The highest BCUT2D eigenvalue weighted by Gasteiger charge is 2.27. The molecule has 0 fully saturated rings. The van der Waals surface area contributed by atoms with E-state index in [1.54, 1.807) is 12.1 Å². The van der Waals surface area contributed by atoms with Crippen molar-refractivity contribution in [2.45, 2.75) is 0 Å². The molecule has 112 valence electrons. The maximum atomic E-state index is 9.25. The number of hydrogen-bond donors (Lipinski definition) is 1. The average molecular weight is 303 g/mol. The normalized spacial score (nSPS) is 12.7. The number of hydrogen-bond acceptors (Lipinski definition) is 6. The first-order valence-corrected chi connectivity index (χ1v) is 6.71.